The van der Waals surface area contributed by atoms with Gasteiger partial charge in [-0.15, -0.1) is 0 Å². The first kappa shape index (κ1) is 9.05. The molecular formula is C10H20O. The molecule has 1 spiro atoms. The fraction of sp³-hybridized carbons (Fsp3) is 1.00. The number of rotatable bonds is 0. The second kappa shape index (κ2) is 4.10. The average Bonchev–Trinajstić information content (AvgIpc) is 2.07. The molecule has 0 unspecified atom stereocenters. The van der Waals surface area contributed by atoms with Gasteiger partial charge in [0.05, 0.1) is 13.2 Å². The second-order valence-electron chi connectivity index (χ2n) is 3.55. The van der Waals surface area contributed by atoms with Crippen molar-refractivity contribution in [3.05, 3.63) is 0 Å². The van der Waals surface area contributed by atoms with Crippen LogP contribution in [0.3, 0.4) is 0 Å². The summed E-state index contributed by atoms with van der Waals surface area (Å²) in [6.45, 7) is 6.12. The third-order valence-corrected chi connectivity index (χ3v) is 2.73. The number of hydrogen-bond donors (Lipinski definition) is 0. The van der Waals surface area contributed by atoms with Crippen molar-refractivity contribution < 1.29 is 4.74 Å². The molecule has 0 aromatic carbocycles. The molecule has 0 N–H and O–H groups in total. The van der Waals surface area contributed by atoms with E-state index in [2.05, 4.69) is 0 Å². The Kier molecular flexibility index (Phi) is 3.38. The van der Waals surface area contributed by atoms with E-state index in [0.29, 0.717) is 5.41 Å². The van der Waals surface area contributed by atoms with E-state index in [-0.39, 0.29) is 0 Å². The van der Waals surface area contributed by atoms with Crippen LogP contribution in [-0.2, 0) is 4.74 Å². The van der Waals surface area contributed by atoms with Crippen LogP contribution in [0.25, 0.3) is 0 Å². The fourth-order valence-corrected chi connectivity index (χ4v) is 1.98. The fourth-order valence-electron chi connectivity index (χ4n) is 1.98. The zero-order valence-corrected chi connectivity index (χ0v) is 7.86. The monoisotopic (exact) mass is 156 g/mol. The predicted molar refractivity (Wildman–Crippen MR) is 47.7 cm³/mol. The molecule has 1 aliphatic carbocycles. The van der Waals surface area contributed by atoms with E-state index in [1.54, 1.807) is 0 Å². The predicted octanol–water partition coefficient (Wildman–Crippen LogP) is 2.99. The Morgan fingerprint density at radius 3 is 1.73 bits per heavy atom. The molecule has 0 atom stereocenters. The summed E-state index contributed by atoms with van der Waals surface area (Å²) in [6, 6.07) is 0. The van der Waals surface area contributed by atoms with E-state index < -0.39 is 0 Å². The summed E-state index contributed by atoms with van der Waals surface area (Å²) in [5, 5.41) is 0. The summed E-state index contributed by atoms with van der Waals surface area (Å²) in [5.74, 6) is 0. The molecule has 1 aliphatic heterocycles. The van der Waals surface area contributed by atoms with Gasteiger partial charge in [-0.3, -0.25) is 0 Å². The van der Waals surface area contributed by atoms with Gasteiger partial charge in [0.1, 0.15) is 0 Å². The molecule has 2 rings (SSSR count). The number of ether oxygens (including phenoxy) is 1. The highest BCUT2D eigenvalue weighted by Gasteiger charge is 2.38. The quantitative estimate of drug-likeness (QED) is 0.524. The van der Waals surface area contributed by atoms with Crippen LogP contribution in [0.1, 0.15) is 46.0 Å². The summed E-state index contributed by atoms with van der Waals surface area (Å²) in [6.07, 6.45) is 7.23. The van der Waals surface area contributed by atoms with Gasteiger partial charge in [-0.25, -0.2) is 0 Å². The molecule has 0 aromatic rings. The highest BCUT2D eigenvalue weighted by atomic mass is 16.5. The molecule has 1 heterocycles. The molecule has 2 fully saturated rings. The van der Waals surface area contributed by atoms with Gasteiger partial charge in [0.15, 0.2) is 0 Å². The van der Waals surface area contributed by atoms with Gasteiger partial charge in [0.25, 0.3) is 0 Å². The first-order valence-corrected chi connectivity index (χ1v) is 4.99. The molecule has 1 saturated carbocycles. The number of hydrogen-bond acceptors (Lipinski definition) is 1. The average molecular weight is 156 g/mol. The summed E-state index contributed by atoms with van der Waals surface area (Å²) in [4.78, 5) is 0. The van der Waals surface area contributed by atoms with Gasteiger partial charge in [-0.1, -0.05) is 33.1 Å². The van der Waals surface area contributed by atoms with Crippen molar-refractivity contribution in [2.24, 2.45) is 5.41 Å². The highest BCUT2D eigenvalue weighted by molar-refractivity contribution is 4.87. The Bertz CT molecular complexity index is 97.4. The van der Waals surface area contributed by atoms with Gasteiger partial charge in [0, 0.05) is 5.41 Å². The lowest BCUT2D eigenvalue weighted by Gasteiger charge is -2.44. The van der Waals surface area contributed by atoms with E-state index in [1.165, 1.54) is 32.1 Å². The van der Waals surface area contributed by atoms with Gasteiger partial charge in [-0.2, -0.15) is 0 Å². The van der Waals surface area contributed by atoms with Crippen LogP contribution < -0.4 is 0 Å². The molecule has 2 aliphatic rings. The maximum atomic E-state index is 5.22. The van der Waals surface area contributed by atoms with Crippen LogP contribution in [0.4, 0.5) is 0 Å². The van der Waals surface area contributed by atoms with Crippen molar-refractivity contribution in [2.45, 2.75) is 46.0 Å². The molecule has 0 amide bonds. The zero-order chi connectivity index (χ0) is 8.16. The Labute approximate surface area is 70.1 Å². The van der Waals surface area contributed by atoms with Gasteiger partial charge >= 0.3 is 0 Å². The maximum absolute atomic E-state index is 5.22. The smallest absolute Gasteiger partial charge is 0.0544 e. The van der Waals surface area contributed by atoms with E-state index in [1.807, 2.05) is 13.8 Å². The standard InChI is InChI=1S/C8H14O.C2H6/c1-2-4-8(5-3-1)6-9-7-8;1-2/h1-7H2;1-2H3. The van der Waals surface area contributed by atoms with E-state index >= 15 is 0 Å². The summed E-state index contributed by atoms with van der Waals surface area (Å²) in [7, 11) is 0. The second-order valence-corrected chi connectivity index (χ2v) is 3.55. The minimum Gasteiger partial charge on any atom is -0.380 e. The molecule has 11 heavy (non-hydrogen) atoms. The third-order valence-electron chi connectivity index (χ3n) is 2.73. The van der Waals surface area contributed by atoms with Crippen LogP contribution in [0, 0.1) is 5.41 Å². The Balaban J connectivity index is 0.000000281. The van der Waals surface area contributed by atoms with Crippen molar-refractivity contribution >= 4 is 0 Å². The zero-order valence-electron chi connectivity index (χ0n) is 7.86. The Morgan fingerprint density at radius 2 is 1.45 bits per heavy atom. The molecular weight excluding hydrogens is 136 g/mol. The topological polar surface area (TPSA) is 9.23 Å². The molecule has 1 heteroatoms. The van der Waals surface area contributed by atoms with Crippen LogP contribution in [0.15, 0.2) is 0 Å². The largest absolute Gasteiger partial charge is 0.380 e. The van der Waals surface area contributed by atoms with E-state index in [4.69, 9.17) is 4.74 Å². The van der Waals surface area contributed by atoms with E-state index in [0.717, 1.165) is 13.2 Å². The minimum absolute atomic E-state index is 0.679. The van der Waals surface area contributed by atoms with Crippen molar-refractivity contribution in [3.63, 3.8) is 0 Å². The summed E-state index contributed by atoms with van der Waals surface area (Å²) in [5.41, 5.74) is 0.679. The molecule has 0 radical (unpaired) electrons. The van der Waals surface area contributed by atoms with Crippen LogP contribution in [0.5, 0.6) is 0 Å². The van der Waals surface area contributed by atoms with Crippen molar-refractivity contribution in [1.29, 1.82) is 0 Å². The van der Waals surface area contributed by atoms with Crippen LogP contribution in [0.2, 0.25) is 0 Å². The Hall–Kier alpha value is -0.0400. The van der Waals surface area contributed by atoms with Crippen molar-refractivity contribution in [3.8, 4) is 0 Å². The normalized spacial score (nSPS) is 26.7. The first-order chi connectivity index (χ1) is 5.41. The molecule has 0 aromatic heterocycles. The Morgan fingerprint density at radius 1 is 0.909 bits per heavy atom. The van der Waals surface area contributed by atoms with Gasteiger partial charge < -0.3 is 4.74 Å². The highest BCUT2D eigenvalue weighted by Crippen LogP contribution is 2.41. The van der Waals surface area contributed by atoms with Crippen molar-refractivity contribution in [1.82, 2.24) is 0 Å². The van der Waals surface area contributed by atoms with Crippen molar-refractivity contribution in [2.75, 3.05) is 13.2 Å². The maximum Gasteiger partial charge on any atom is 0.0544 e. The summed E-state index contributed by atoms with van der Waals surface area (Å²) < 4.78 is 5.22. The molecule has 0 bridgehead atoms. The lowest BCUT2D eigenvalue weighted by molar-refractivity contribution is -0.130. The van der Waals surface area contributed by atoms with Gasteiger partial charge in [-0.05, 0) is 12.8 Å². The van der Waals surface area contributed by atoms with Crippen LogP contribution >= 0.6 is 0 Å². The van der Waals surface area contributed by atoms with Gasteiger partial charge in [0.2, 0.25) is 0 Å². The SMILES string of the molecule is C1CCC2(CC1)COC2.CC. The van der Waals surface area contributed by atoms with E-state index in [9.17, 15) is 0 Å². The lowest BCUT2D eigenvalue weighted by Crippen LogP contribution is -2.43. The lowest BCUT2D eigenvalue weighted by atomic mass is 9.73. The van der Waals surface area contributed by atoms with Crippen LogP contribution in [-0.4, -0.2) is 13.2 Å². The third kappa shape index (κ3) is 1.96. The first-order valence-electron chi connectivity index (χ1n) is 4.99. The molecule has 1 saturated heterocycles. The summed E-state index contributed by atoms with van der Waals surface area (Å²) >= 11 is 0. The molecule has 1 nitrogen and oxygen atoms in total. The minimum atomic E-state index is 0.679. The molecule has 66 valence electrons.